The fourth-order valence-electron chi connectivity index (χ4n) is 4.78. The Bertz CT molecular complexity index is 1350. The topological polar surface area (TPSA) is 105 Å². The van der Waals surface area contributed by atoms with Crippen LogP contribution in [0.4, 0.5) is 15.8 Å². The predicted octanol–water partition coefficient (Wildman–Crippen LogP) is 3.65. The first-order valence-electron chi connectivity index (χ1n) is 12.9. The van der Waals surface area contributed by atoms with Gasteiger partial charge in [-0.25, -0.2) is 14.2 Å². The molecule has 3 aromatic rings. The van der Waals surface area contributed by atoms with E-state index in [0.29, 0.717) is 35.8 Å². The molecule has 1 saturated heterocycles. The molecule has 9 nitrogen and oxygen atoms in total. The molecule has 36 heavy (non-hydrogen) atoms. The van der Waals surface area contributed by atoms with Gasteiger partial charge in [0.1, 0.15) is 17.3 Å². The summed E-state index contributed by atoms with van der Waals surface area (Å²) < 4.78 is 18.0. The summed E-state index contributed by atoms with van der Waals surface area (Å²) in [7, 11) is 0. The number of nitrogens with one attached hydrogen (secondary N) is 2. The molecule has 194 valence electrons. The van der Waals surface area contributed by atoms with E-state index in [-0.39, 0.29) is 30.4 Å². The second-order valence-corrected chi connectivity index (χ2v) is 9.85. The van der Waals surface area contributed by atoms with Crippen LogP contribution in [0, 0.1) is 11.7 Å². The maximum absolute atomic E-state index is 14.7. The van der Waals surface area contributed by atoms with Gasteiger partial charge in [0.2, 0.25) is 5.91 Å². The second kappa shape index (κ2) is 11.1. The number of unbranched alkanes of at least 4 members (excludes halogenated alkanes) is 1. The standard InChI is InChI=1S/C26H35FN6O3/c1-4-5-15-32-24-23(25(35)30-26(32)36)33(16-17(2)3)20(28-24)11-12-21(34)29-22-18(27)9-8-10-19(22)31-13-6-7-14-31/h8-10,17H,4-7,11-16H2,1-3H3,(H,29,34)(H,30,35,36). The largest absolute Gasteiger partial charge is 0.370 e. The highest BCUT2D eigenvalue weighted by Crippen LogP contribution is 2.31. The number of carbonyl (C=O) groups is 1. The molecule has 1 aliphatic heterocycles. The first-order valence-corrected chi connectivity index (χ1v) is 12.9. The number of amides is 1. The van der Waals surface area contributed by atoms with E-state index in [1.165, 1.54) is 10.6 Å². The summed E-state index contributed by atoms with van der Waals surface area (Å²) in [5, 5.41) is 2.76. The van der Waals surface area contributed by atoms with E-state index in [4.69, 9.17) is 0 Å². The van der Waals surface area contributed by atoms with Crippen molar-refractivity contribution in [3.05, 3.63) is 50.7 Å². The van der Waals surface area contributed by atoms with E-state index in [1.807, 2.05) is 31.4 Å². The van der Waals surface area contributed by atoms with Crippen LogP contribution >= 0.6 is 0 Å². The van der Waals surface area contributed by atoms with Crippen molar-refractivity contribution >= 4 is 28.4 Å². The number of benzene rings is 1. The Kier molecular flexibility index (Phi) is 7.91. The number of para-hydroxylation sites is 1. The highest BCUT2D eigenvalue weighted by Gasteiger charge is 2.22. The Morgan fingerprint density at radius 3 is 2.64 bits per heavy atom. The number of aromatic amines is 1. The Morgan fingerprint density at radius 2 is 1.94 bits per heavy atom. The van der Waals surface area contributed by atoms with Crippen molar-refractivity contribution in [1.82, 2.24) is 19.1 Å². The quantitative estimate of drug-likeness (QED) is 0.444. The molecule has 2 N–H and O–H groups in total. The van der Waals surface area contributed by atoms with Crippen LogP contribution in [0.2, 0.25) is 0 Å². The van der Waals surface area contributed by atoms with Crippen LogP contribution in [0.5, 0.6) is 0 Å². The molecule has 0 spiro atoms. The van der Waals surface area contributed by atoms with Crippen LogP contribution in [-0.2, 0) is 24.3 Å². The second-order valence-electron chi connectivity index (χ2n) is 9.85. The molecule has 1 aromatic carbocycles. The molecule has 0 bridgehead atoms. The van der Waals surface area contributed by atoms with Crippen LogP contribution in [0.3, 0.4) is 0 Å². The average Bonchev–Trinajstić information content (AvgIpc) is 3.47. The van der Waals surface area contributed by atoms with Crippen LogP contribution < -0.4 is 21.5 Å². The zero-order valence-corrected chi connectivity index (χ0v) is 21.3. The number of rotatable bonds is 10. The number of hydrogen-bond donors (Lipinski definition) is 2. The van der Waals surface area contributed by atoms with Crippen molar-refractivity contribution in [3.63, 3.8) is 0 Å². The lowest BCUT2D eigenvalue weighted by molar-refractivity contribution is -0.116. The van der Waals surface area contributed by atoms with E-state index < -0.39 is 17.1 Å². The van der Waals surface area contributed by atoms with Gasteiger partial charge in [0, 0.05) is 39.0 Å². The molecule has 0 radical (unpaired) electrons. The van der Waals surface area contributed by atoms with E-state index >= 15 is 0 Å². The number of hydrogen-bond acceptors (Lipinski definition) is 5. The minimum atomic E-state index is -0.479. The van der Waals surface area contributed by atoms with Crippen LogP contribution in [0.1, 0.15) is 58.7 Å². The van der Waals surface area contributed by atoms with Crippen molar-refractivity contribution < 1.29 is 9.18 Å². The molecular weight excluding hydrogens is 463 g/mol. The third-order valence-corrected chi connectivity index (χ3v) is 6.53. The van der Waals surface area contributed by atoms with E-state index in [0.717, 1.165) is 38.8 Å². The summed E-state index contributed by atoms with van der Waals surface area (Å²) in [4.78, 5) is 47.4. The van der Waals surface area contributed by atoms with Gasteiger partial charge in [-0.2, -0.15) is 0 Å². The number of anilines is 2. The number of nitrogens with zero attached hydrogens (tertiary/aromatic N) is 4. The lowest BCUT2D eigenvalue weighted by atomic mass is 10.2. The summed E-state index contributed by atoms with van der Waals surface area (Å²) in [5.74, 6) is -0.0254. The number of aromatic nitrogens is 4. The van der Waals surface area contributed by atoms with Gasteiger partial charge in [0.05, 0.1) is 5.69 Å². The summed E-state index contributed by atoms with van der Waals surface area (Å²) in [6.45, 7) is 8.73. The van der Waals surface area contributed by atoms with Gasteiger partial charge in [0.15, 0.2) is 11.2 Å². The van der Waals surface area contributed by atoms with Crippen molar-refractivity contribution in [2.24, 2.45) is 5.92 Å². The van der Waals surface area contributed by atoms with Crippen molar-refractivity contribution in [2.45, 2.75) is 72.4 Å². The van der Waals surface area contributed by atoms with Gasteiger partial charge >= 0.3 is 5.69 Å². The molecule has 4 rings (SSSR count). The van der Waals surface area contributed by atoms with E-state index in [9.17, 15) is 18.8 Å². The average molecular weight is 499 g/mol. The monoisotopic (exact) mass is 498 g/mol. The Balaban J connectivity index is 1.61. The zero-order chi connectivity index (χ0) is 25.8. The lowest BCUT2D eigenvalue weighted by Crippen LogP contribution is -2.31. The smallest absolute Gasteiger partial charge is 0.330 e. The summed E-state index contributed by atoms with van der Waals surface area (Å²) >= 11 is 0. The SMILES string of the molecule is CCCCn1c(=O)[nH]c(=O)c2c1nc(CCC(=O)Nc1c(F)cccc1N1CCCC1)n2CC(C)C. The molecular formula is C26H35FN6O3. The molecule has 3 heterocycles. The molecule has 0 saturated carbocycles. The number of imidazole rings is 1. The van der Waals surface area contributed by atoms with Crippen molar-refractivity contribution in [3.8, 4) is 0 Å². The van der Waals surface area contributed by atoms with Gasteiger partial charge < -0.3 is 14.8 Å². The molecule has 10 heteroatoms. The zero-order valence-electron chi connectivity index (χ0n) is 21.3. The fourth-order valence-corrected chi connectivity index (χ4v) is 4.78. The number of halogens is 1. The Hall–Kier alpha value is -3.43. The summed E-state index contributed by atoms with van der Waals surface area (Å²) in [5.41, 5.74) is 0.630. The highest BCUT2D eigenvalue weighted by molar-refractivity contribution is 5.94. The van der Waals surface area contributed by atoms with E-state index in [2.05, 4.69) is 20.2 Å². The third kappa shape index (κ3) is 5.37. The molecule has 1 fully saturated rings. The molecule has 0 atom stereocenters. The Labute approximate surface area is 209 Å². The number of carbonyl (C=O) groups excluding carboxylic acids is 1. The normalized spacial score (nSPS) is 13.8. The molecule has 1 aliphatic rings. The lowest BCUT2D eigenvalue weighted by Gasteiger charge is -2.22. The van der Waals surface area contributed by atoms with Crippen molar-refractivity contribution in [2.75, 3.05) is 23.3 Å². The van der Waals surface area contributed by atoms with Gasteiger partial charge in [-0.05, 0) is 37.3 Å². The van der Waals surface area contributed by atoms with Crippen LogP contribution in [0.15, 0.2) is 27.8 Å². The number of aryl methyl sites for hydroxylation is 2. The summed E-state index contributed by atoms with van der Waals surface area (Å²) in [6, 6.07) is 4.83. The molecule has 2 aromatic heterocycles. The third-order valence-electron chi connectivity index (χ3n) is 6.53. The first-order chi connectivity index (χ1) is 17.3. The maximum atomic E-state index is 14.7. The predicted molar refractivity (Wildman–Crippen MR) is 139 cm³/mol. The van der Waals surface area contributed by atoms with Gasteiger partial charge in [-0.3, -0.25) is 19.1 Å². The van der Waals surface area contributed by atoms with Crippen LogP contribution in [0.25, 0.3) is 11.2 Å². The minimum absolute atomic E-state index is 0.0618. The van der Waals surface area contributed by atoms with Gasteiger partial charge in [0.25, 0.3) is 5.56 Å². The molecule has 1 amide bonds. The van der Waals surface area contributed by atoms with Crippen molar-refractivity contribution in [1.29, 1.82) is 0 Å². The molecule has 0 unspecified atom stereocenters. The fraction of sp³-hybridized carbons (Fsp3) is 0.538. The number of fused-ring (bicyclic) bond motifs is 1. The van der Waals surface area contributed by atoms with Gasteiger partial charge in [-0.1, -0.05) is 33.3 Å². The number of H-pyrrole nitrogens is 1. The summed E-state index contributed by atoms with van der Waals surface area (Å²) in [6.07, 6.45) is 4.06. The maximum Gasteiger partial charge on any atom is 0.330 e. The Morgan fingerprint density at radius 1 is 1.19 bits per heavy atom. The van der Waals surface area contributed by atoms with Gasteiger partial charge in [-0.15, -0.1) is 0 Å². The highest BCUT2D eigenvalue weighted by atomic mass is 19.1. The minimum Gasteiger partial charge on any atom is -0.370 e. The van der Waals surface area contributed by atoms with E-state index in [1.54, 1.807) is 6.07 Å². The van der Waals surface area contributed by atoms with Crippen LogP contribution in [-0.4, -0.2) is 38.1 Å². The first kappa shape index (κ1) is 25.7. The molecule has 0 aliphatic carbocycles.